The zero-order valence-electron chi connectivity index (χ0n) is 14.9. The molecule has 0 aliphatic carbocycles. The number of hydrogen-bond donors (Lipinski definition) is 1. The fourth-order valence-corrected chi connectivity index (χ4v) is 3.17. The summed E-state index contributed by atoms with van der Waals surface area (Å²) in [6.45, 7) is 6.95. The molecular weight excluding hydrogens is 330 g/mol. The van der Waals surface area contributed by atoms with E-state index in [1.165, 1.54) is 0 Å². The van der Waals surface area contributed by atoms with Crippen LogP contribution in [0.15, 0.2) is 36.7 Å². The van der Waals surface area contributed by atoms with Gasteiger partial charge in [-0.25, -0.2) is 9.97 Å². The molecule has 0 aromatic carbocycles. The smallest absolute Gasteiger partial charge is 0.274 e. The van der Waals surface area contributed by atoms with Gasteiger partial charge in [0.2, 0.25) is 0 Å². The number of ether oxygens (including phenoxy) is 1. The Bertz CT molecular complexity index is 942. The lowest BCUT2D eigenvalue weighted by molar-refractivity contribution is 0.102. The fourth-order valence-electron chi connectivity index (χ4n) is 3.17. The molecule has 26 heavy (non-hydrogen) atoms. The first kappa shape index (κ1) is 16.5. The summed E-state index contributed by atoms with van der Waals surface area (Å²) in [5, 5.41) is 2.92. The van der Waals surface area contributed by atoms with Crippen molar-refractivity contribution in [3.63, 3.8) is 0 Å². The number of morpholine rings is 1. The van der Waals surface area contributed by atoms with Crippen LogP contribution in [0.2, 0.25) is 0 Å². The van der Waals surface area contributed by atoms with Gasteiger partial charge in [0.25, 0.3) is 5.91 Å². The first-order valence-electron chi connectivity index (χ1n) is 8.67. The van der Waals surface area contributed by atoms with Gasteiger partial charge in [0.05, 0.1) is 30.8 Å². The number of aromatic nitrogens is 3. The van der Waals surface area contributed by atoms with Crippen molar-refractivity contribution in [1.29, 1.82) is 0 Å². The van der Waals surface area contributed by atoms with Gasteiger partial charge in [-0.3, -0.25) is 9.20 Å². The zero-order valence-corrected chi connectivity index (χ0v) is 14.9. The van der Waals surface area contributed by atoms with E-state index in [-0.39, 0.29) is 5.91 Å². The minimum absolute atomic E-state index is 0.195. The Morgan fingerprint density at radius 3 is 2.73 bits per heavy atom. The first-order chi connectivity index (χ1) is 12.6. The summed E-state index contributed by atoms with van der Waals surface area (Å²) in [5.74, 6) is 0.701. The summed E-state index contributed by atoms with van der Waals surface area (Å²) in [6, 6.07) is 7.72. The van der Waals surface area contributed by atoms with Crippen molar-refractivity contribution in [1.82, 2.24) is 14.4 Å². The summed E-state index contributed by atoms with van der Waals surface area (Å²) in [7, 11) is 0. The maximum atomic E-state index is 12.8. The number of nitrogens with one attached hydrogen (secondary N) is 1. The van der Waals surface area contributed by atoms with E-state index in [0.29, 0.717) is 30.3 Å². The van der Waals surface area contributed by atoms with E-state index in [1.807, 2.05) is 48.7 Å². The van der Waals surface area contributed by atoms with Gasteiger partial charge in [-0.05, 0) is 43.7 Å². The molecule has 0 bridgehead atoms. The third kappa shape index (κ3) is 3.13. The highest BCUT2D eigenvalue weighted by Gasteiger charge is 2.17. The van der Waals surface area contributed by atoms with E-state index in [0.717, 1.165) is 30.1 Å². The van der Waals surface area contributed by atoms with Gasteiger partial charge in [0.15, 0.2) is 0 Å². The summed E-state index contributed by atoms with van der Waals surface area (Å²) in [5.41, 5.74) is 3.78. The van der Waals surface area contributed by atoms with Crippen molar-refractivity contribution in [2.75, 3.05) is 36.5 Å². The number of fused-ring (bicyclic) bond motifs is 1. The van der Waals surface area contributed by atoms with Crippen molar-refractivity contribution in [3.8, 4) is 0 Å². The summed E-state index contributed by atoms with van der Waals surface area (Å²) in [6.07, 6.45) is 3.56. The summed E-state index contributed by atoms with van der Waals surface area (Å²) < 4.78 is 7.17. The monoisotopic (exact) mass is 351 g/mol. The second-order valence-electron chi connectivity index (χ2n) is 6.44. The molecule has 7 heteroatoms. The van der Waals surface area contributed by atoms with E-state index < -0.39 is 0 Å². The average Bonchev–Trinajstić information content (AvgIpc) is 2.98. The number of anilines is 2. The molecule has 1 amide bonds. The Hall–Kier alpha value is -2.93. The lowest BCUT2D eigenvalue weighted by Crippen LogP contribution is -2.36. The van der Waals surface area contributed by atoms with Crippen LogP contribution in [0.3, 0.4) is 0 Å². The number of carbonyl (C=O) groups excluding carboxylic acids is 1. The van der Waals surface area contributed by atoms with Gasteiger partial charge in [-0.2, -0.15) is 0 Å². The number of rotatable bonds is 3. The van der Waals surface area contributed by atoms with Crippen LogP contribution in [-0.2, 0) is 4.74 Å². The lowest BCUT2D eigenvalue weighted by atomic mass is 10.3. The van der Waals surface area contributed by atoms with Crippen LogP contribution in [0.25, 0.3) is 5.65 Å². The molecule has 3 aromatic rings. The van der Waals surface area contributed by atoms with Crippen molar-refractivity contribution in [2.45, 2.75) is 13.8 Å². The van der Waals surface area contributed by atoms with Crippen molar-refractivity contribution in [3.05, 3.63) is 53.6 Å². The highest BCUT2D eigenvalue weighted by atomic mass is 16.5. The Kier molecular flexibility index (Phi) is 4.30. The third-order valence-electron chi connectivity index (χ3n) is 4.51. The van der Waals surface area contributed by atoms with Gasteiger partial charge in [0, 0.05) is 19.3 Å². The second-order valence-corrected chi connectivity index (χ2v) is 6.44. The fraction of sp³-hybridized carbons (Fsp3) is 0.316. The van der Waals surface area contributed by atoms with Gasteiger partial charge in [-0.1, -0.05) is 0 Å². The van der Waals surface area contributed by atoms with Crippen LogP contribution in [0.4, 0.5) is 11.5 Å². The number of hydrogen-bond acceptors (Lipinski definition) is 5. The highest BCUT2D eigenvalue weighted by molar-refractivity contribution is 6.04. The normalized spacial score (nSPS) is 14.6. The molecule has 1 saturated heterocycles. The van der Waals surface area contributed by atoms with Crippen LogP contribution in [0, 0.1) is 13.8 Å². The lowest BCUT2D eigenvalue weighted by Gasteiger charge is -2.27. The van der Waals surface area contributed by atoms with Gasteiger partial charge in [0.1, 0.15) is 17.2 Å². The maximum Gasteiger partial charge on any atom is 0.274 e. The van der Waals surface area contributed by atoms with Crippen LogP contribution >= 0.6 is 0 Å². The topological polar surface area (TPSA) is 71.8 Å². The zero-order chi connectivity index (χ0) is 18.1. The predicted octanol–water partition coefficient (Wildman–Crippen LogP) is 2.44. The number of carbonyl (C=O) groups is 1. The SMILES string of the molecule is Cc1ccn2c(C(=O)Nc3ccc(N4CCOCC4)nc3)c(C)nc2c1. The van der Waals surface area contributed by atoms with Gasteiger partial charge < -0.3 is 15.0 Å². The van der Waals surface area contributed by atoms with E-state index >= 15 is 0 Å². The molecule has 0 unspecified atom stereocenters. The first-order valence-corrected chi connectivity index (χ1v) is 8.67. The van der Waals surface area contributed by atoms with E-state index in [9.17, 15) is 4.79 Å². The number of imidazole rings is 1. The Morgan fingerprint density at radius 2 is 2.00 bits per heavy atom. The van der Waals surface area contributed by atoms with Crippen LogP contribution in [0.5, 0.6) is 0 Å². The maximum absolute atomic E-state index is 12.8. The van der Waals surface area contributed by atoms with Gasteiger partial charge in [-0.15, -0.1) is 0 Å². The van der Waals surface area contributed by atoms with E-state index in [4.69, 9.17) is 4.74 Å². The largest absolute Gasteiger partial charge is 0.378 e. The predicted molar refractivity (Wildman–Crippen MR) is 99.9 cm³/mol. The van der Waals surface area contributed by atoms with E-state index in [1.54, 1.807) is 6.20 Å². The number of nitrogens with zero attached hydrogens (tertiary/aromatic N) is 4. The number of pyridine rings is 2. The molecule has 134 valence electrons. The highest BCUT2D eigenvalue weighted by Crippen LogP contribution is 2.18. The molecule has 4 rings (SSSR count). The molecule has 1 fully saturated rings. The van der Waals surface area contributed by atoms with Crippen LogP contribution < -0.4 is 10.2 Å². The Balaban J connectivity index is 1.54. The molecule has 4 heterocycles. The average molecular weight is 351 g/mol. The standard InChI is InChI=1S/C19H21N5O2/c1-13-5-6-24-17(11-13)21-14(2)18(24)19(25)22-15-3-4-16(20-12-15)23-7-9-26-10-8-23/h3-6,11-12H,7-10H2,1-2H3,(H,22,25). The summed E-state index contributed by atoms with van der Waals surface area (Å²) in [4.78, 5) is 23.9. The minimum atomic E-state index is -0.195. The second kappa shape index (κ2) is 6.76. The van der Waals surface area contributed by atoms with Crippen molar-refractivity contribution >= 4 is 23.1 Å². The molecule has 0 saturated carbocycles. The quantitative estimate of drug-likeness (QED) is 0.785. The van der Waals surface area contributed by atoms with Crippen molar-refractivity contribution < 1.29 is 9.53 Å². The molecule has 0 atom stereocenters. The van der Waals surface area contributed by atoms with Gasteiger partial charge >= 0.3 is 0 Å². The Morgan fingerprint density at radius 1 is 1.19 bits per heavy atom. The third-order valence-corrected chi connectivity index (χ3v) is 4.51. The van der Waals surface area contributed by atoms with Crippen LogP contribution in [-0.4, -0.2) is 46.6 Å². The molecule has 3 aromatic heterocycles. The van der Waals surface area contributed by atoms with Crippen LogP contribution in [0.1, 0.15) is 21.7 Å². The number of amides is 1. The molecule has 1 aliphatic rings. The molecule has 1 aliphatic heterocycles. The minimum Gasteiger partial charge on any atom is -0.378 e. The molecule has 0 radical (unpaired) electrons. The Labute approximate surface area is 151 Å². The summed E-state index contributed by atoms with van der Waals surface area (Å²) >= 11 is 0. The number of aryl methyl sites for hydroxylation is 2. The van der Waals surface area contributed by atoms with Crippen molar-refractivity contribution in [2.24, 2.45) is 0 Å². The molecule has 0 spiro atoms. The molecule has 7 nitrogen and oxygen atoms in total. The van der Waals surface area contributed by atoms with E-state index in [2.05, 4.69) is 20.2 Å². The molecule has 1 N–H and O–H groups in total. The molecular formula is C19H21N5O2.